The zero-order valence-corrected chi connectivity index (χ0v) is 6.82. The maximum absolute atomic E-state index is 9.16. The summed E-state index contributed by atoms with van der Waals surface area (Å²) in [4.78, 5) is 2.00. The monoisotopic (exact) mass is 157 g/mol. The third kappa shape index (κ3) is 2.29. The number of hydrogen-bond donors (Lipinski definition) is 2. The predicted molar refractivity (Wildman–Crippen MR) is 43.3 cm³/mol. The summed E-state index contributed by atoms with van der Waals surface area (Å²) < 4.78 is 0. The molecule has 3 nitrogen and oxygen atoms in total. The fourth-order valence-electron chi connectivity index (χ4n) is 1.36. The van der Waals surface area contributed by atoms with Gasteiger partial charge >= 0.3 is 0 Å². The summed E-state index contributed by atoms with van der Waals surface area (Å²) in [6.07, 6.45) is -1.15. The quantitative estimate of drug-likeness (QED) is 0.536. The van der Waals surface area contributed by atoms with Crippen LogP contribution >= 0.6 is 0 Å². The van der Waals surface area contributed by atoms with E-state index in [2.05, 4.69) is 6.58 Å². The molecule has 0 aromatic heterocycles. The maximum Gasteiger partial charge on any atom is 0.0938 e. The number of hydrogen-bond acceptors (Lipinski definition) is 3. The fraction of sp³-hybridized carbons (Fsp3) is 0.750. The van der Waals surface area contributed by atoms with Gasteiger partial charge < -0.3 is 10.2 Å². The van der Waals surface area contributed by atoms with Crippen molar-refractivity contribution in [2.24, 2.45) is 0 Å². The molecule has 1 aliphatic rings. The van der Waals surface area contributed by atoms with E-state index >= 15 is 0 Å². The normalized spacial score (nSPS) is 32.6. The average molecular weight is 157 g/mol. The molecule has 11 heavy (non-hydrogen) atoms. The highest BCUT2D eigenvalue weighted by Crippen LogP contribution is 2.10. The van der Waals surface area contributed by atoms with Crippen LogP contribution in [0.4, 0.5) is 0 Å². The van der Waals surface area contributed by atoms with E-state index < -0.39 is 12.2 Å². The highest BCUT2D eigenvalue weighted by molar-refractivity contribution is 4.95. The van der Waals surface area contributed by atoms with Gasteiger partial charge in [0, 0.05) is 19.6 Å². The molecular weight excluding hydrogens is 142 g/mol. The third-order valence-corrected chi connectivity index (χ3v) is 1.83. The molecule has 2 unspecified atom stereocenters. The first-order valence-electron chi connectivity index (χ1n) is 3.82. The van der Waals surface area contributed by atoms with Crippen LogP contribution in [0.25, 0.3) is 0 Å². The van der Waals surface area contributed by atoms with Gasteiger partial charge in [0.2, 0.25) is 0 Å². The first-order chi connectivity index (χ1) is 5.09. The van der Waals surface area contributed by atoms with Crippen molar-refractivity contribution < 1.29 is 10.2 Å². The van der Waals surface area contributed by atoms with Crippen LogP contribution in [0, 0.1) is 0 Å². The van der Waals surface area contributed by atoms with Gasteiger partial charge in [0.25, 0.3) is 0 Å². The lowest BCUT2D eigenvalue weighted by Gasteiger charge is -2.13. The van der Waals surface area contributed by atoms with E-state index in [-0.39, 0.29) is 0 Å². The molecule has 0 aliphatic carbocycles. The predicted octanol–water partition coefficient (Wildman–Crippen LogP) is -0.400. The Bertz CT molecular complexity index is 148. The van der Waals surface area contributed by atoms with Gasteiger partial charge in [0.05, 0.1) is 12.2 Å². The number of β-amino-alcohol motifs (C(OH)–C–C–N with tert-alkyl or cyclic N) is 2. The molecule has 1 saturated heterocycles. The molecule has 1 fully saturated rings. The minimum atomic E-state index is -0.575. The van der Waals surface area contributed by atoms with Gasteiger partial charge in [0.1, 0.15) is 0 Å². The molecule has 0 spiro atoms. The van der Waals surface area contributed by atoms with Crippen LogP contribution in [-0.4, -0.2) is 47.0 Å². The molecule has 0 radical (unpaired) electrons. The van der Waals surface area contributed by atoms with Crippen molar-refractivity contribution in [2.75, 3.05) is 19.6 Å². The highest BCUT2D eigenvalue weighted by atomic mass is 16.3. The van der Waals surface area contributed by atoms with E-state index in [1.54, 1.807) is 0 Å². The van der Waals surface area contributed by atoms with Crippen molar-refractivity contribution in [1.29, 1.82) is 0 Å². The van der Waals surface area contributed by atoms with E-state index in [4.69, 9.17) is 10.2 Å². The summed E-state index contributed by atoms with van der Waals surface area (Å²) >= 11 is 0. The number of likely N-dealkylation sites (tertiary alicyclic amines) is 1. The van der Waals surface area contributed by atoms with Gasteiger partial charge in [-0.05, 0) is 6.92 Å². The molecular formula is C8H15NO2. The molecule has 64 valence electrons. The first-order valence-corrected chi connectivity index (χ1v) is 3.82. The van der Waals surface area contributed by atoms with Crippen LogP contribution in [0.2, 0.25) is 0 Å². The number of aliphatic hydroxyl groups is 2. The summed E-state index contributed by atoms with van der Waals surface area (Å²) in [5.74, 6) is 0. The molecule has 3 heteroatoms. The lowest BCUT2D eigenvalue weighted by molar-refractivity contribution is 0.0572. The molecule has 0 saturated carbocycles. The van der Waals surface area contributed by atoms with Crippen molar-refractivity contribution in [1.82, 2.24) is 4.90 Å². The minimum absolute atomic E-state index is 0.564. The van der Waals surface area contributed by atoms with Gasteiger partial charge in [0.15, 0.2) is 0 Å². The smallest absolute Gasteiger partial charge is 0.0938 e. The lowest BCUT2D eigenvalue weighted by atomic mass is 10.3. The Balaban J connectivity index is 2.35. The lowest BCUT2D eigenvalue weighted by Crippen LogP contribution is -2.23. The number of aliphatic hydroxyl groups excluding tert-OH is 2. The van der Waals surface area contributed by atoms with Crippen LogP contribution in [0.1, 0.15) is 6.92 Å². The zero-order valence-electron chi connectivity index (χ0n) is 6.82. The molecule has 0 amide bonds. The van der Waals surface area contributed by atoms with Crippen LogP contribution < -0.4 is 0 Å². The second-order valence-corrected chi connectivity index (χ2v) is 3.29. The Hall–Kier alpha value is -0.380. The van der Waals surface area contributed by atoms with Gasteiger partial charge in [-0.3, -0.25) is 4.90 Å². The van der Waals surface area contributed by atoms with Crippen molar-refractivity contribution in [3.63, 3.8) is 0 Å². The molecule has 1 aliphatic heterocycles. The highest BCUT2D eigenvalue weighted by Gasteiger charge is 2.28. The topological polar surface area (TPSA) is 43.7 Å². The van der Waals surface area contributed by atoms with E-state index in [9.17, 15) is 0 Å². The van der Waals surface area contributed by atoms with E-state index in [1.807, 2.05) is 11.8 Å². The standard InChI is InChI=1S/C8H15NO2/c1-6(2)3-9-4-7(10)8(11)5-9/h7-8,10-11H,1,3-5H2,2H3. The SMILES string of the molecule is C=C(C)CN1CC(O)C(O)C1. The fourth-order valence-corrected chi connectivity index (χ4v) is 1.36. The summed E-state index contributed by atoms with van der Waals surface area (Å²) in [6.45, 7) is 7.60. The summed E-state index contributed by atoms with van der Waals surface area (Å²) in [6, 6.07) is 0. The Morgan fingerprint density at radius 3 is 2.27 bits per heavy atom. The minimum Gasteiger partial charge on any atom is -0.389 e. The van der Waals surface area contributed by atoms with Crippen LogP contribution in [0.5, 0.6) is 0 Å². The van der Waals surface area contributed by atoms with Gasteiger partial charge in [-0.1, -0.05) is 12.2 Å². The van der Waals surface area contributed by atoms with Crippen molar-refractivity contribution in [3.8, 4) is 0 Å². The largest absolute Gasteiger partial charge is 0.389 e. The molecule has 0 aromatic carbocycles. The zero-order chi connectivity index (χ0) is 8.43. The molecule has 0 bridgehead atoms. The molecule has 1 rings (SSSR count). The van der Waals surface area contributed by atoms with E-state index in [0.29, 0.717) is 13.1 Å². The summed E-state index contributed by atoms with van der Waals surface area (Å²) in [5.41, 5.74) is 1.06. The van der Waals surface area contributed by atoms with Gasteiger partial charge in [-0.2, -0.15) is 0 Å². The summed E-state index contributed by atoms with van der Waals surface area (Å²) in [5, 5.41) is 18.3. The Kier molecular flexibility index (Phi) is 2.65. The van der Waals surface area contributed by atoms with Gasteiger partial charge in [-0.15, -0.1) is 0 Å². The van der Waals surface area contributed by atoms with Crippen molar-refractivity contribution in [3.05, 3.63) is 12.2 Å². The van der Waals surface area contributed by atoms with Crippen LogP contribution in [0.15, 0.2) is 12.2 Å². The van der Waals surface area contributed by atoms with E-state index in [1.165, 1.54) is 0 Å². The van der Waals surface area contributed by atoms with Crippen molar-refractivity contribution in [2.45, 2.75) is 19.1 Å². The van der Waals surface area contributed by atoms with Crippen LogP contribution in [-0.2, 0) is 0 Å². The van der Waals surface area contributed by atoms with Crippen molar-refractivity contribution >= 4 is 0 Å². The number of nitrogens with zero attached hydrogens (tertiary/aromatic N) is 1. The third-order valence-electron chi connectivity index (χ3n) is 1.83. The maximum atomic E-state index is 9.16. The second-order valence-electron chi connectivity index (χ2n) is 3.29. The Morgan fingerprint density at radius 1 is 1.45 bits per heavy atom. The molecule has 0 aromatic rings. The Labute approximate surface area is 66.9 Å². The second kappa shape index (κ2) is 3.34. The molecule has 2 atom stereocenters. The van der Waals surface area contributed by atoms with Crippen LogP contribution in [0.3, 0.4) is 0 Å². The summed E-state index contributed by atoms with van der Waals surface area (Å²) in [7, 11) is 0. The number of rotatable bonds is 2. The average Bonchev–Trinajstić information content (AvgIpc) is 2.10. The molecule has 1 heterocycles. The van der Waals surface area contributed by atoms with Gasteiger partial charge in [-0.25, -0.2) is 0 Å². The molecule has 2 N–H and O–H groups in total. The first kappa shape index (κ1) is 8.71. The Morgan fingerprint density at radius 2 is 1.91 bits per heavy atom. The van der Waals surface area contributed by atoms with E-state index in [0.717, 1.165) is 12.1 Å².